The molecule has 0 aliphatic heterocycles. The number of thiazole rings is 1. The summed E-state index contributed by atoms with van der Waals surface area (Å²) >= 11 is 1.68. The van der Waals surface area contributed by atoms with E-state index in [0.717, 1.165) is 23.5 Å². The number of carbonyl (C=O) groups excluding carboxylic acids is 1. The topological polar surface area (TPSA) is 46.9 Å². The van der Waals surface area contributed by atoms with Gasteiger partial charge in [0.2, 0.25) is 0 Å². The Morgan fingerprint density at radius 2 is 2.39 bits per heavy atom. The maximum absolute atomic E-state index is 11.8. The normalized spacial score (nSPS) is 10.6. The molecule has 2 rings (SSSR count). The average molecular weight is 263 g/mol. The van der Waals surface area contributed by atoms with Crippen LogP contribution in [0.15, 0.2) is 23.7 Å². The minimum absolute atomic E-state index is 0.0338. The van der Waals surface area contributed by atoms with E-state index in [9.17, 15) is 4.79 Å². The van der Waals surface area contributed by atoms with Gasteiger partial charge in [-0.1, -0.05) is 6.92 Å². The molecule has 2 heterocycles. The maximum atomic E-state index is 11.8. The highest BCUT2D eigenvalue weighted by atomic mass is 32.1. The van der Waals surface area contributed by atoms with Crippen molar-refractivity contribution in [2.24, 2.45) is 7.05 Å². The summed E-state index contributed by atoms with van der Waals surface area (Å²) in [6, 6.07) is 3.68. The number of aryl methyl sites for hydroxylation is 2. The highest BCUT2D eigenvalue weighted by Gasteiger charge is 2.08. The van der Waals surface area contributed by atoms with Crippen LogP contribution in [0.1, 0.15) is 28.1 Å². The first kappa shape index (κ1) is 12.8. The van der Waals surface area contributed by atoms with Gasteiger partial charge in [0.05, 0.1) is 10.7 Å². The Balaban J connectivity index is 1.82. The summed E-state index contributed by atoms with van der Waals surface area (Å²) in [5.74, 6) is -0.0338. The predicted molar refractivity (Wildman–Crippen MR) is 72.9 cm³/mol. The molecule has 0 aromatic carbocycles. The van der Waals surface area contributed by atoms with Crippen molar-refractivity contribution >= 4 is 17.2 Å². The molecule has 1 N–H and O–H groups in total. The Labute approximate surface area is 111 Å². The molecule has 0 aliphatic carbocycles. The third kappa shape index (κ3) is 2.98. The van der Waals surface area contributed by atoms with Crippen LogP contribution in [0.5, 0.6) is 0 Å². The van der Waals surface area contributed by atoms with Crippen molar-refractivity contribution in [3.8, 4) is 0 Å². The smallest absolute Gasteiger partial charge is 0.267 e. The number of aromatic nitrogens is 2. The first-order chi connectivity index (χ1) is 8.70. The lowest BCUT2D eigenvalue weighted by Crippen LogP contribution is -2.27. The number of amides is 1. The molecule has 96 valence electrons. The van der Waals surface area contributed by atoms with Crippen molar-refractivity contribution in [2.45, 2.75) is 19.8 Å². The largest absolute Gasteiger partial charge is 0.350 e. The minimum atomic E-state index is -0.0338. The van der Waals surface area contributed by atoms with E-state index in [1.165, 1.54) is 0 Å². The second-order valence-electron chi connectivity index (χ2n) is 4.10. The Morgan fingerprint density at radius 3 is 3.00 bits per heavy atom. The van der Waals surface area contributed by atoms with Gasteiger partial charge in [0.25, 0.3) is 5.91 Å². The van der Waals surface area contributed by atoms with E-state index >= 15 is 0 Å². The fourth-order valence-corrected chi connectivity index (χ4v) is 2.50. The van der Waals surface area contributed by atoms with E-state index in [1.807, 2.05) is 29.9 Å². The van der Waals surface area contributed by atoms with E-state index < -0.39 is 0 Å². The number of nitrogens with zero attached hydrogens (tertiary/aromatic N) is 2. The van der Waals surface area contributed by atoms with Gasteiger partial charge in [0.1, 0.15) is 5.69 Å². The van der Waals surface area contributed by atoms with Crippen LogP contribution < -0.4 is 5.32 Å². The summed E-state index contributed by atoms with van der Waals surface area (Å²) in [7, 11) is 1.86. The Kier molecular flexibility index (Phi) is 4.15. The molecule has 2 aromatic rings. The molecule has 4 nitrogen and oxygen atoms in total. The van der Waals surface area contributed by atoms with Gasteiger partial charge in [-0.15, -0.1) is 11.3 Å². The third-order valence-corrected chi connectivity index (χ3v) is 3.79. The average Bonchev–Trinajstić information content (AvgIpc) is 2.97. The first-order valence-corrected chi connectivity index (χ1v) is 6.91. The second-order valence-corrected chi connectivity index (χ2v) is 5.04. The minimum Gasteiger partial charge on any atom is -0.350 e. The van der Waals surface area contributed by atoms with E-state index in [1.54, 1.807) is 11.3 Å². The van der Waals surface area contributed by atoms with Crippen molar-refractivity contribution in [1.29, 1.82) is 0 Å². The Morgan fingerprint density at radius 1 is 1.56 bits per heavy atom. The van der Waals surface area contributed by atoms with Gasteiger partial charge in [-0.3, -0.25) is 4.79 Å². The van der Waals surface area contributed by atoms with Gasteiger partial charge in [-0.2, -0.15) is 0 Å². The number of nitrogens with one attached hydrogen (secondary N) is 1. The van der Waals surface area contributed by atoms with Crippen LogP contribution in [0.2, 0.25) is 0 Å². The van der Waals surface area contributed by atoms with Crippen LogP contribution in [-0.2, 0) is 19.9 Å². The van der Waals surface area contributed by atoms with E-state index in [0.29, 0.717) is 12.2 Å². The Hall–Kier alpha value is -1.62. The van der Waals surface area contributed by atoms with E-state index in [4.69, 9.17) is 0 Å². The highest BCUT2D eigenvalue weighted by Crippen LogP contribution is 2.10. The summed E-state index contributed by atoms with van der Waals surface area (Å²) in [6.45, 7) is 2.72. The van der Waals surface area contributed by atoms with E-state index in [-0.39, 0.29) is 5.91 Å². The maximum Gasteiger partial charge on any atom is 0.267 e. The van der Waals surface area contributed by atoms with Gasteiger partial charge in [0.15, 0.2) is 0 Å². The monoisotopic (exact) mass is 263 g/mol. The number of hydrogen-bond acceptors (Lipinski definition) is 3. The summed E-state index contributed by atoms with van der Waals surface area (Å²) < 4.78 is 1.81. The zero-order valence-electron chi connectivity index (χ0n) is 10.6. The second kappa shape index (κ2) is 5.82. The van der Waals surface area contributed by atoms with E-state index in [2.05, 4.69) is 22.6 Å². The molecule has 0 aliphatic rings. The Bertz CT molecular complexity index is 530. The van der Waals surface area contributed by atoms with Crippen molar-refractivity contribution in [2.75, 3.05) is 6.54 Å². The van der Waals surface area contributed by atoms with Crippen molar-refractivity contribution < 1.29 is 4.79 Å². The molecule has 0 saturated carbocycles. The summed E-state index contributed by atoms with van der Waals surface area (Å²) in [5, 5.41) is 6.12. The third-order valence-electron chi connectivity index (χ3n) is 2.74. The molecule has 0 saturated heterocycles. The molecule has 1 amide bonds. The molecule has 2 aromatic heterocycles. The van der Waals surface area contributed by atoms with Crippen molar-refractivity contribution in [3.05, 3.63) is 40.1 Å². The van der Waals surface area contributed by atoms with Gasteiger partial charge < -0.3 is 9.88 Å². The van der Waals surface area contributed by atoms with Gasteiger partial charge in [-0.05, 0) is 18.6 Å². The lowest BCUT2D eigenvalue weighted by molar-refractivity contribution is 0.0946. The van der Waals surface area contributed by atoms with Gasteiger partial charge >= 0.3 is 0 Å². The van der Waals surface area contributed by atoms with Crippen LogP contribution in [0.25, 0.3) is 0 Å². The number of hydrogen-bond donors (Lipinski definition) is 1. The molecule has 0 spiro atoms. The molecule has 18 heavy (non-hydrogen) atoms. The molecular formula is C13H17N3OS. The molecular weight excluding hydrogens is 246 g/mol. The zero-order chi connectivity index (χ0) is 13.0. The molecule has 0 radical (unpaired) electrons. The van der Waals surface area contributed by atoms with Crippen LogP contribution >= 0.6 is 11.3 Å². The summed E-state index contributed by atoms with van der Waals surface area (Å²) in [4.78, 5) is 16.3. The van der Waals surface area contributed by atoms with Crippen LogP contribution in [-0.4, -0.2) is 22.0 Å². The molecule has 0 bridgehead atoms. The van der Waals surface area contributed by atoms with Crippen molar-refractivity contribution in [3.63, 3.8) is 0 Å². The quantitative estimate of drug-likeness (QED) is 0.897. The number of carbonyl (C=O) groups is 1. The van der Waals surface area contributed by atoms with Crippen LogP contribution in [0, 0.1) is 0 Å². The number of rotatable bonds is 5. The summed E-state index contributed by atoms with van der Waals surface area (Å²) in [6.07, 6.45) is 3.62. The first-order valence-electron chi connectivity index (χ1n) is 6.03. The summed E-state index contributed by atoms with van der Waals surface area (Å²) in [5.41, 5.74) is 1.74. The highest BCUT2D eigenvalue weighted by molar-refractivity contribution is 7.09. The molecule has 0 atom stereocenters. The predicted octanol–water partition coefficient (Wildman–Crippen LogP) is 2.02. The molecule has 0 fully saturated rings. The lowest BCUT2D eigenvalue weighted by atomic mass is 10.3. The van der Waals surface area contributed by atoms with Crippen LogP contribution in [0.3, 0.4) is 0 Å². The fraction of sp³-hybridized carbons (Fsp3) is 0.385. The zero-order valence-corrected chi connectivity index (χ0v) is 11.5. The van der Waals surface area contributed by atoms with Gasteiger partial charge in [0, 0.05) is 31.6 Å². The lowest BCUT2D eigenvalue weighted by Gasteiger charge is -2.04. The SMILES string of the molecule is CCc1nc(CCNC(=O)c2cccn2C)cs1. The van der Waals surface area contributed by atoms with Gasteiger partial charge in [-0.25, -0.2) is 4.98 Å². The standard InChI is InChI=1S/C13H17N3OS/c1-3-12-15-10(9-18-12)6-7-14-13(17)11-5-4-8-16(11)2/h4-5,8-9H,3,6-7H2,1-2H3,(H,14,17). The molecule has 5 heteroatoms. The van der Waals surface area contributed by atoms with Crippen LogP contribution in [0.4, 0.5) is 0 Å². The van der Waals surface area contributed by atoms with Crippen molar-refractivity contribution in [1.82, 2.24) is 14.9 Å². The molecule has 0 unspecified atom stereocenters. The fourth-order valence-electron chi connectivity index (χ4n) is 1.72.